The predicted molar refractivity (Wildman–Crippen MR) is 92.3 cm³/mol. The van der Waals surface area contributed by atoms with Crippen LogP contribution in [0.15, 0.2) is 11.6 Å². The van der Waals surface area contributed by atoms with Crippen molar-refractivity contribution in [3.8, 4) is 0 Å². The maximum Gasteiger partial charge on any atom is 0.302 e. The Balaban J connectivity index is 1.60. The molecule has 24 heavy (non-hydrogen) atoms. The number of hydrogen-bond donors (Lipinski definition) is 0. The number of carbonyl (C=O) groups is 2. The van der Waals surface area contributed by atoms with E-state index in [1.54, 1.807) is 0 Å². The Morgan fingerprint density at radius 1 is 1.12 bits per heavy atom. The van der Waals surface area contributed by atoms with E-state index in [2.05, 4.69) is 19.9 Å². The van der Waals surface area contributed by atoms with E-state index in [1.807, 2.05) is 0 Å². The topological polar surface area (TPSA) is 43.4 Å². The number of hydrogen-bond acceptors (Lipinski definition) is 3. The predicted octanol–water partition coefficient (Wildman–Crippen LogP) is 4.45. The van der Waals surface area contributed by atoms with Crippen molar-refractivity contribution < 1.29 is 14.3 Å². The number of esters is 1. The normalized spacial score (nSPS) is 47.3. The van der Waals surface area contributed by atoms with Crippen molar-refractivity contribution in [1.82, 2.24) is 0 Å². The monoisotopic (exact) mass is 330 g/mol. The molecule has 0 radical (unpaired) electrons. The van der Waals surface area contributed by atoms with Crippen LogP contribution in [0.2, 0.25) is 0 Å². The number of Topliss-reactive ketones (excluding diaryl/α,β-unsaturated/α-hetero) is 1. The summed E-state index contributed by atoms with van der Waals surface area (Å²) in [5.41, 5.74) is 1.74. The van der Waals surface area contributed by atoms with Crippen molar-refractivity contribution in [1.29, 1.82) is 0 Å². The highest BCUT2D eigenvalue weighted by Crippen LogP contribution is 2.64. The van der Waals surface area contributed by atoms with Crippen molar-refractivity contribution in [2.75, 3.05) is 0 Å². The van der Waals surface area contributed by atoms with Crippen LogP contribution in [0.1, 0.15) is 72.1 Å². The van der Waals surface area contributed by atoms with Gasteiger partial charge in [0.15, 0.2) is 0 Å². The summed E-state index contributed by atoms with van der Waals surface area (Å²) in [4.78, 5) is 23.7. The van der Waals surface area contributed by atoms with Crippen molar-refractivity contribution in [3.05, 3.63) is 11.6 Å². The SMILES string of the molecule is CC(=O)O[C@H]1CC[C@@]2(C)C(=CC[C@@H]3[C@H]2CC[C@]2(C)C(=O)CC[C@H]32)C1. The summed E-state index contributed by atoms with van der Waals surface area (Å²) in [6.07, 6.45) is 10.8. The summed E-state index contributed by atoms with van der Waals surface area (Å²) in [6.45, 7) is 6.19. The molecule has 3 heteroatoms. The van der Waals surface area contributed by atoms with Gasteiger partial charge in [-0.25, -0.2) is 0 Å². The summed E-state index contributed by atoms with van der Waals surface area (Å²) >= 11 is 0. The van der Waals surface area contributed by atoms with Gasteiger partial charge in [0.2, 0.25) is 0 Å². The van der Waals surface area contributed by atoms with Crippen LogP contribution in [0.3, 0.4) is 0 Å². The van der Waals surface area contributed by atoms with Crippen molar-refractivity contribution in [3.63, 3.8) is 0 Å². The van der Waals surface area contributed by atoms with E-state index in [0.29, 0.717) is 23.5 Å². The molecule has 3 fully saturated rings. The second-order valence-corrected chi connectivity index (χ2v) is 9.15. The summed E-state index contributed by atoms with van der Waals surface area (Å²) in [5.74, 6) is 2.33. The van der Waals surface area contributed by atoms with E-state index in [0.717, 1.165) is 44.9 Å². The molecule has 0 saturated heterocycles. The lowest BCUT2D eigenvalue weighted by atomic mass is 9.48. The minimum atomic E-state index is -0.157. The summed E-state index contributed by atoms with van der Waals surface area (Å²) in [6, 6.07) is 0. The van der Waals surface area contributed by atoms with Gasteiger partial charge in [-0.3, -0.25) is 9.59 Å². The van der Waals surface area contributed by atoms with E-state index < -0.39 is 0 Å². The Labute approximate surface area is 145 Å². The molecule has 4 aliphatic carbocycles. The molecule has 6 atom stereocenters. The first-order valence-corrected chi connectivity index (χ1v) is 9.74. The van der Waals surface area contributed by atoms with E-state index >= 15 is 0 Å². The molecule has 0 aromatic heterocycles. The van der Waals surface area contributed by atoms with Crippen LogP contribution >= 0.6 is 0 Å². The molecule has 0 aromatic carbocycles. The molecule has 0 unspecified atom stereocenters. The molecule has 0 heterocycles. The quantitative estimate of drug-likeness (QED) is 0.527. The van der Waals surface area contributed by atoms with Crippen molar-refractivity contribution in [2.24, 2.45) is 28.6 Å². The smallest absolute Gasteiger partial charge is 0.302 e. The number of allylic oxidation sites excluding steroid dienone is 1. The van der Waals surface area contributed by atoms with Crippen LogP contribution in [0.5, 0.6) is 0 Å². The van der Waals surface area contributed by atoms with Gasteiger partial charge in [0.1, 0.15) is 11.9 Å². The molecule has 3 nitrogen and oxygen atoms in total. The Morgan fingerprint density at radius 2 is 1.83 bits per heavy atom. The maximum atomic E-state index is 12.4. The molecule has 4 aliphatic rings. The minimum Gasteiger partial charge on any atom is -0.462 e. The average molecular weight is 330 g/mol. The number of ketones is 1. The fraction of sp³-hybridized carbons (Fsp3) is 0.810. The summed E-state index contributed by atoms with van der Waals surface area (Å²) in [7, 11) is 0. The van der Waals surface area contributed by atoms with E-state index in [-0.39, 0.29) is 22.9 Å². The van der Waals surface area contributed by atoms with Gasteiger partial charge in [0.05, 0.1) is 0 Å². The van der Waals surface area contributed by atoms with Crippen LogP contribution < -0.4 is 0 Å². The lowest BCUT2D eigenvalue weighted by molar-refractivity contribution is -0.148. The van der Waals surface area contributed by atoms with Gasteiger partial charge >= 0.3 is 5.97 Å². The van der Waals surface area contributed by atoms with Crippen LogP contribution in [0.25, 0.3) is 0 Å². The summed E-state index contributed by atoms with van der Waals surface area (Å²) in [5, 5.41) is 0. The molecule has 0 aromatic rings. The van der Waals surface area contributed by atoms with Crippen LogP contribution in [-0.4, -0.2) is 17.9 Å². The second kappa shape index (κ2) is 5.44. The van der Waals surface area contributed by atoms with E-state index in [1.165, 1.54) is 18.9 Å². The van der Waals surface area contributed by atoms with Crippen LogP contribution in [0, 0.1) is 28.6 Å². The molecule has 0 spiro atoms. The lowest BCUT2D eigenvalue weighted by Gasteiger charge is -2.56. The van der Waals surface area contributed by atoms with Crippen molar-refractivity contribution in [2.45, 2.75) is 78.2 Å². The van der Waals surface area contributed by atoms with Crippen LogP contribution in [0.4, 0.5) is 0 Å². The zero-order valence-electron chi connectivity index (χ0n) is 15.3. The van der Waals surface area contributed by atoms with Gasteiger partial charge in [-0.05, 0) is 61.7 Å². The molecular weight excluding hydrogens is 300 g/mol. The van der Waals surface area contributed by atoms with Gasteiger partial charge < -0.3 is 4.74 Å². The third kappa shape index (κ3) is 2.23. The average Bonchev–Trinajstić information content (AvgIpc) is 2.83. The highest BCUT2D eigenvalue weighted by Gasteiger charge is 2.58. The second-order valence-electron chi connectivity index (χ2n) is 9.15. The number of fused-ring (bicyclic) bond motifs is 5. The van der Waals surface area contributed by atoms with Gasteiger partial charge in [-0.2, -0.15) is 0 Å². The van der Waals surface area contributed by atoms with Crippen LogP contribution in [-0.2, 0) is 14.3 Å². The standard InChI is InChI=1S/C21H30O3/c1-13(22)24-15-8-10-20(2)14(12-15)4-5-16-17-6-7-19(23)21(17,3)11-9-18(16)20/h4,15-18H,5-12H2,1-3H3/t15-,16-,17+,18+,20-,21-/m0/s1. The third-order valence-corrected chi connectivity index (χ3v) is 8.10. The van der Waals surface area contributed by atoms with Gasteiger partial charge in [0.25, 0.3) is 0 Å². The largest absolute Gasteiger partial charge is 0.462 e. The fourth-order valence-corrected chi connectivity index (χ4v) is 6.73. The zero-order valence-corrected chi connectivity index (χ0v) is 15.3. The minimum absolute atomic E-state index is 0.0438. The Bertz CT molecular complexity index is 606. The molecule has 132 valence electrons. The first kappa shape index (κ1) is 16.4. The third-order valence-electron chi connectivity index (χ3n) is 8.10. The molecule has 0 amide bonds. The summed E-state index contributed by atoms with van der Waals surface area (Å²) < 4.78 is 5.50. The lowest BCUT2D eigenvalue weighted by Crippen LogP contribution is -2.50. The highest BCUT2D eigenvalue weighted by molar-refractivity contribution is 5.87. The number of carbonyl (C=O) groups excluding carboxylic acids is 2. The Hall–Kier alpha value is -1.12. The van der Waals surface area contributed by atoms with Gasteiger partial charge in [-0.15, -0.1) is 0 Å². The molecule has 3 saturated carbocycles. The molecular formula is C21H30O3. The maximum absolute atomic E-state index is 12.4. The number of rotatable bonds is 1. The molecule has 0 bridgehead atoms. The van der Waals surface area contributed by atoms with E-state index in [9.17, 15) is 9.59 Å². The van der Waals surface area contributed by atoms with Gasteiger partial charge in [-0.1, -0.05) is 25.5 Å². The fourth-order valence-electron chi connectivity index (χ4n) is 6.73. The molecule has 0 aliphatic heterocycles. The zero-order chi connectivity index (χ0) is 17.1. The number of ether oxygens (including phenoxy) is 1. The first-order valence-electron chi connectivity index (χ1n) is 9.74. The Morgan fingerprint density at radius 3 is 2.58 bits per heavy atom. The van der Waals surface area contributed by atoms with Gasteiger partial charge in [0, 0.05) is 25.2 Å². The first-order chi connectivity index (χ1) is 11.3. The Kier molecular flexibility index (Phi) is 3.71. The van der Waals surface area contributed by atoms with E-state index in [4.69, 9.17) is 4.74 Å². The highest BCUT2D eigenvalue weighted by atomic mass is 16.5. The van der Waals surface area contributed by atoms with Crippen molar-refractivity contribution >= 4 is 11.8 Å². The molecule has 4 rings (SSSR count). The molecule has 0 N–H and O–H groups in total.